The van der Waals surface area contributed by atoms with Gasteiger partial charge in [0.05, 0.1) is 6.21 Å². The minimum atomic E-state index is -0.317. The molecule has 1 aromatic heterocycles. The Hall–Kier alpha value is -3.41. The van der Waals surface area contributed by atoms with E-state index in [9.17, 15) is 9.59 Å². The lowest BCUT2D eigenvalue weighted by Crippen LogP contribution is -2.17. The maximum Gasteiger partial charge on any atom is 0.271 e. The third kappa shape index (κ3) is 3.74. The molecule has 0 spiro atoms. The first-order valence-electron chi connectivity index (χ1n) is 7.83. The molecule has 2 aromatic carbocycles. The van der Waals surface area contributed by atoms with Crippen molar-refractivity contribution in [3.63, 3.8) is 0 Å². The lowest BCUT2D eigenvalue weighted by atomic mass is 10.1. The number of carbonyl (C=O) groups is 2. The van der Waals surface area contributed by atoms with E-state index in [0.29, 0.717) is 11.3 Å². The van der Waals surface area contributed by atoms with Crippen molar-refractivity contribution in [1.82, 2.24) is 10.4 Å². The Morgan fingerprint density at radius 1 is 1.08 bits per heavy atom. The molecule has 126 valence electrons. The number of fused-ring (bicyclic) bond motifs is 1. The molecule has 0 atom stereocenters. The summed E-state index contributed by atoms with van der Waals surface area (Å²) in [5, 5.41) is 7.76. The minimum Gasteiger partial charge on any atom is -0.358 e. The van der Waals surface area contributed by atoms with E-state index in [1.54, 1.807) is 30.5 Å². The number of hydrogen-bond donors (Lipinski definition) is 3. The lowest BCUT2D eigenvalue weighted by Gasteiger charge is -2.03. The van der Waals surface area contributed by atoms with Gasteiger partial charge in [-0.3, -0.25) is 9.59 Å². The van der Waals surface area contributed by atoms with Gasteiger partial charge in [0.2, 0.25) is 5.91 Å². The molecular weight excluding hydrogens is 316 g/mol. The maximum absolute atomic E-state index is 12.1. The number of amides is 2. The van der Waals surface area contributed by atoms with Crippen LogP contribution in [0.2, 0.25) is 0 Å². The quantitative estimate of drug-likeness (QED) is 0.505. The van der Waals surface area contributed by atoms with Gasteiger partial charge >= 0.3 is 0 Å². The van der Waals surface area contributed by atoms with Crippen LogP contribution < -0.4 is 10.7 Å². The number of nitrogens with one attached hydrogen (secondary N) is 3. The largest absolute Gasteiger partial charge is 0.358 e. The fourth-order valence-electron chi connectivity index (χ4n) is 2.59. The number of aromatic amines is 1. The molecule has 0 fully saturated rings. The van der Waals surface area contributed by atoms with E-state index in [1.165, 1.54) is 6.92 Å². The number of H-pyrrole nitrogens is 1. The van der Waals surface area contributed by atoms with Gasteiger partial charge in [0, 0.05) is 40.3 Å². The van der Waals surface area contributed by atoms with E-state index >= 15 is 0 Å². The van der Waals surface area contributed by atoms with E-state index in [1.807, 2.05) is 31.2 Å². The van der Waals surface area contributed by atoms with E-state index in [2.05, 4.69) is 20.8 Å². The molecule has 0 radical (unpaired) electrons. The summed E-state index contributed by atoms with van der Waals surface area (Å²) in [4.78, 5) is 26.4. The van der Waals surface area contributed by atoms with Gasteiger partial charge in [-0.05, 0) is 37.3 Å². The maximum atomic E-state index is 12.1. The number of para-hydroxylation sites is 1. The second-order valence-electron chi connectivity index (χ2n) is 5.67. The molecule has 0 unspecified atom stereocenters. The van der Waals surface area contributed by atoms with E-state index in [-0.39, 0.29) is 11.8 Å². The van der Waals surface area contributed by atoms with Gasteiger partial charge in [-0.2, -0.15) is 5.10 Å². The zero-order valence-electron chi connectivity index (χ0n) is 14.0. The molecule has 6 nitrogen and oxygen atoms in total. The second kappa shape index (κ2) is 7.00. The van der Waals surface area contributed by atoms with Crippen LogP contribution in [0.1, 0.15) is 28.5 Å². The number of hydrogen-bond acceptors (Lipinski definition) is 3. The highest BCUT2D eigenvalue weighted by Crippen LogP contribution is 2.19. The number of hydrazone groups is 1. The van der Waals surface area contributed by atoms with Crippen LogP contribution in [0.4, 0.5) is 5.69 Å². The fraction of sp³-hybridized carbons (Fsp3) is 0.105. The molecular formula is C19H18N4O2. The zero-order valence-corrected chi connectivity index (χ0v) is 14.0. The molecule has 1 heterocycles. The number of aryl methyl sites for hydroxylation is 1. The van der Waals surface area contributed by atoms with E-state index in [4.69, 9.17) is 0 Å². The highest BCUT2D eigenvalue weighted by molar-refractivity contribution is 6.01. The molecule has 0 saturated heterocycles. The van der Waals surface area contributed by atoms with Gasteiger partial charge in [-0.25, -0.2) is 5.43 Å². The topological polar surface area (TPSA) is 86.3 Å². The average molecular weight is 334 g/mol. The van der Waals surface area contributed by atoms with Crippen molar-refractivity contribution >= 4 is 34.6 Å². The molecule has 3 N–H and O–H groups in total. The van der Waals surface area contributed by atoms with Crippen molar-refractivity contribution in [2.75, 3.05) is 5.32 Å². The van der Waals surface area contributed by atoms with Crippen molar-refractivity contribution in [3.05, 3.63) is 65.4 Å². The standard InChI is InChI=1S/C19H18N4O2/c1-12-17(16-5-3-4-6-18(16)21-12)11-20-23-19(25)14-7-9-15(10-8-14)22-13(2)24/h3-11,21H,1-2H3,(H,22,24)(H,23,25). The Balaban J connectivity index is 1.70. The Bertz CT molecular complexity index is 955. The number of nitrogens with zero attached hydrogens (tertiary/aromatic N) is 1. The minimum absolute atomic E-state index is 0.157. The molecule has 0 saturated carbocycles. The van der Waals surface area contributed by atoms with Crippen molar-refractivity contribution in [2.45, 2.75) is 13.8 Å². The molecule has 6 heteroatoms. The molecule has 3 rings (SSSR count). The molecule has 0 aliphatic heterocycles. The number of carbonyl (C=O) groups excluding carboxylic acids is 2. The van der Waals surface area contributed by atoms with Crippen molar-refractivity contribution in [2.24, 2.45) is 5.10 Å². The second-order valence-corrected chi connectivity index (χ2v) is 5.67. The van der Waals surface area contributed by atoms with Crippen LogP contribution in [-0.2, 0) is 4.79 Å². The van der Waals surface area contributed by atoms with Crippen LogP contribution in [0.5, 0.6) is 0 Å². The lowest BCUT2D eigenvalue weighted by molar-refractivity contribution is -0.114. The SMILES string of the molecule is CC(=O)Nc1ccc(C(=O)NN=Cc2c(C)[nH]c3ccccc23)cc1. The van der Waals surface area contributed by atoms with Crippen LogP contribution in [0, 0.1) is 6.92 Å². The Labute approximate surface area is 144 Å². The summed E-state index contributed by atoms with van der Waals surface area (Å²) in [5.41, 5.74) is 6.58. The summed E-state index contributed by atoms with van der Waals surface area (Å²) < 4.78 is 0. The molecule has 0 aliphatic rings. The molecule has 2 amide bonds. The third-order valence-electron chi connectivity index (χ3n) is 3.77. The van der Waals surface area contributed by atoms with Crippen LogP contribution in [-0.4, -0.2) is 23.0 Å². The van der Waals surface area contributed by atoms with Gasteiger partial charge in [0.25, 0.3) is 5.91 Å². The first-order chi connectivity index (χ1) is 12.0. The fourth-order valence-corrected chi connectivity index (χ4v) is 2.59. The molecule has 0 bridgehead atoms. The smallest absolute Gasteiger partial charge is 0.271 e. The van der Waals surface area contributed by atoms with Gasteiger partial charge < -0.3 is 10.3 Å². The van der Waals surface area contributed by atoms with E-state index < -0.39 is 0 Å². The van der Waals surface area contributed by atoms with Gasteiger partial charge in [0.1, 0.15) is 0 Å². The van der Waals surface area contributed by atoms with Crippen LogP contribution in [0.15, 0.2) is 53.6 Å². The summed E-state index contributed by atoms with van der Waals surface area (Å²) in [6.45, 7) is 3.39. The van der Waals surface area contributed by atoms with Crippen LogP contribution in [0.3, 0.4) is 0 Å². The number of anilines is 1. The molecule has 25 heavy (non-hydrogen) atoms. The monoisotopic (exact) mass is 334 g/mol. The predicted molar refractivity (Wildman–Crippen MR) is 98.8 cm³/mol. The third-order valence-corrected chi connectivity index (χ3v) is 3.77. The van der Waals surface area contributed by atoms with Crippen LogP contribution in [0.25, 0.3) is 10.9 Å². The van der Waals surface area contributed by atoms with Crippen LogP contribution >= 0.6 is 0 Å². The number of benzene rings is 2. The number of aromatic nitrogens is 1. The van der Waals surface area contributed by atoms with E-state index in [0.717, 1.165) is 22.2 Å². The molecule has 3 aromatic rings. The van der Waals surface area contributed by atoms with Crippen molar-refractivity contribution in [1.29, 1.82) is 0 Å². The summed E-state index contributed by atoms with van der Waals surface area (Å²) in [6, 6.07) is 14.5. The summed E-state index contributed by atoms with van der Waals surface area (Å²) >= 11 is 0. The first kappa shape index (κ1) is 16.4. The van der Waals surface area contributed by atoms with Gasteiger partial charge in [-0.1, -0.05) is 18.2 Å². The highest BCUT2D eigenvalue weighted by Gasteiger charge is 2.07. The van der Waals surface area contributed by atoms with Gasteiger partial charge in [-0.15, -0.1) is 0 Å². The molecule has 0 aliphatic carbocycles. The Morgan fingerprint density at radius 2 is 1.80 bits per heavy atom. The highest BCUT2D eigenvalue weighted by atomic mass is 16.2. The summed E-state index contributed by atoms with van der Waals surface area (Å²) in [6.07, 6.45) is 1.64. The zero-order chi connectivity index (χ0) is 17.8. The van der Waals surface area contributed by atoms with Gasteiger partial charge in [0.15, 0.2) is 0 Å². The summed E-state index contributed by atoms with van der Waals surface area (Å²) in [7, 11) is 0. The predicted octanol–water partition coefficient (Wildman–Crippen LogP) is 3.20. The average Bonchev–Trinajstić information content (AvgIpc) is 2.90. The Morgan fingerprint density at radius 3 is 2.52 bits per heavy atom. The summed E-state index contributed by atoms with van der Waals surface area (Å²) in [5.74, 6) is -0.473. The first-order valence-corrected chi connectivity index (χ1v) is 7.83. The van der Waals surface area contributed by atoms with Crippen molar-refractivity contribution < 1.29 is 9.59 Å². The number of rotatable bonds is 4. The van der Waals surface area contributed by atoms with Crippen molar-refractivity contribution in [3.8, 4) is 0 Å². The Kier molecular flexibility index (Phi) is 4.61. The normalized spacial score (nSPS) is 11.0.